The van der Waals surface area contributed by atoms with E-state index in [0.717, 1.165) is 25.9 Å². The number of nitrogens with zero attached hydrogens (tertiary/aromatic N) is 1. The Morgan fingerprint density at radius 1 is 1.28 bits per heavy atom. The lowest BCUT2D eigenvalue weighted by atomic mass is 9.97. The minimum Gasteiger partial charge on any atom is -0.317 e. The lowest BCUT2D eigenvalue weighted by molar-refractivity contribution is 0.445. The molecular weight excluding hydrogens is 233 g/mol. The summed E-state index contributed by atoms with van der Waals surface area (Å²) in [5, 5.41) is 3.57. The van der Waals surface area contributed by atoms with E-state index in [1.807, 2.05) is 0 Å². The number of H-pyrrole nitrogens is 1. The summed E-state index contributed by atoms with van der Waals surface area (Å²) in [6.07, 6.45) is 1.84. The Balaban J connectivity index is 2.14. The first kappa shape index (κ1) is 11.3. The molecule has 0 saturated carbocycles. The average molecular weight is 247 g/mol. The molecule has 0 bridgehead atoms. The van der Waals surface area contributed by atoms with Crippen molar-refractivity contribution in [2.75, 3.05) is 13.1 Å². The topological polar surface area (TPSA) is 57.8 Å². The summed E-state index contributed by atoms with van der Waals surface area (Å²) in [5.74, 6) is 0.385. The first-order valence-electron chi connectivity index (χ1n) is 6.15. The van der Waals surface area contributed by atoms with Crippen LogP contribution in [-0.4, -0.2) is 23.1 Å². The van der Waals surface area contributed by atoms with Crippen LogP contribution in [0.1, 0.15) is 24.6 Å². The van der Waals surface area contributed by atoms with Crippen molar-refractivity contribution in [1.29, 1.82) is 0 Å². The summed E-state index contributed by atoms with van der Waals surface area (Å²) in [6, 6.07) is 4.45. The summed E-state index contributed by atoms with van der Waals surface area (Å²) < 4.78 is 13.7. The smallest absolute Gasteiger partial charge is 0.258 e. The van der Waals surface area contributed by atoms with Crippen LogP contribution >= 0.6 is 0 Å². The summed E-state index contributed by atoms with van der Waals surface area (Å²) in [4.78, 5) is 19.0. The molecule has 0 aliphatic carbocycles. The lowest BCUT2D eigenvalue weighted by Gasteiger charge is -2.21. The zero-order chi connectivity index (χ0) is 12.5. The van der Waals surface area contributed by atoms with Crippen LogP contribution in [0.4, 0.5) is 4.39 Å². The van der Waals surface area contributed by atoms with E-state index in [2.05, 4.69) is 15.3 Å². The van der Waals surface area contributed by atoms with E-state index in [1.165, 1.54) is 12.1 Å². The molecule has 0 spiro atoms. The van der Waals surface area contributed by atoms with E-state index in [9.17, 15) is 9.18 Å². The van der Waals surface area contributed by atoms with Crippen molar-refractivity contribution >= 4 is 10.9 Å². The molecule has 94 valence electrons. The van der Waals surface area contributed by atoms with Gasteiger partial charge in [-0.25, -0.2) is 9.37 Å². The molecule has 2 N–H and O–H groups in total. The minimum absolute atomic E-state index is 0.176. The SMILES string of the molecule is O=c1[nH]c(C2CCNCC2)nc2c(F)cccc12. The Hall–Kier alpha value is -1.75. The molecule has 1 aliphatic rings. The molecular formula is C13H14FN3O. The zero-order valence-electron chi connectivity index (χ0n) is 9.87. The summed E-state index contributed by atoms with van der Waals surface area (Å²) in [7, 11) is 0. The lowest BCUT2D eigenvalue weighted by Crippen LogP contribution is -2.28. The highest BCUT2D eigenvalue weighted by atomic mass is 19.1. The van der Waals surface area contributed by atoms with Gasteiger partial charge in [-0.2, -0.15) is 0 Å². The quantitative estimate of drug-likeness (QED) is 0.803. The van der Waals surface area contributed by atoms with Gasteiger partial charge in [0.15, 0.2) is 0 Å². The van der Waals surface area contributed by atoms with Crippen molar-refractivity contribution in [2.45, 2.75) is 18.8 Å². The molecule has 1 fully saturated rings. The predicted octanol–water partition coefficient (Wildman–Crippen LogP) is 1.53. The fourth-order valence-corrected chi connectivity index (χ4v) is 2.43. The largest absolute Gasteiger partial charge is 0.317 e. The van der Waals surface area contributed by atoms with E-state index >= 15 is 0 Å². The molecule has 2 heterocycles. The van der Waals surface area contributed by atoms with Crippen LogP contribution in [-0.2, 0) is 0 Å². The van der Waals surface area contributed by atoms with Gasteiger partial charge in [-0.05, 0) is 38.1 Å². The van der Waals surface area contributed by atoms with Gasteiger partial charge in [-0.3, -0.25) is 4.79 Å². The molecule has 1 aromatic carbocycles. The van der Waals surface area contributed by atoms with Crippen LogP contribution in [0.2, 0.25) is 0 Å². The van der Waals surface area contributed by atoms with E-state index in [0.29, 0.717) is 11.2 Å². The van der Waals surface area contributed by atoms with Crippen molar-refractivity contribution in [3.63, 3.8) is 0 Å². The molecule has 1 aromatic heterocycles. The summed E-state index contributed by atoms with van der Waals surface area (Å²) in [5.41, 5.74) is -0.0807. The van der Waals surface area contributed by atoms with Gasteiger partial charge in [0.2, 0.25) is 0 Å². The van der Waals surface area contributed by atoms with Crippen LogP contribution in [0.5, 0.6) is 0 Å². The fraction of sp³-hybridized carbons (Fsp3) is 0.385. The second kappa shape index (κ2) is 4.49. The number of aromatic nitrogens is 2. The molecule has 2 aromatic rings. The number of nitrogens with one attached hydrogen (secondary N) is 2. The Bertz CT molecular complexity index is 632. The maximum absolute atomic E-state index is 13.7. The number of rotatable bonds is 1. The molecule has 1 aliphatic heterocycles. The molecule has 0 radical (unpaired) electrons. The average Bonchev–Trinajstić information content (AvgIpc) is 2.41. The van der Waals surface area contributed by atoms with Gasteiger partial charge in [-0.1, -0.05) is 6.07 Å². The van der Waals surface area contributed by atoms with E-state index < -0.39 is 5.82 Å². The molecule has 18 heavy (non-hydrogen) atoms. The van der Waals surface area contributed by atoms with Gasteiger partial charge in [-0.15, -0.1) is 0 Å². The molecule has 0 unspecified atom stereocenters. The number of hydrogen-bond acceptors (Lipinski definition) is 3. The normalized spacial score (nSPS) is 17.2. The van der Waals surface area contributed by atoms with Gasteiger partial charge in [0, 0.05) is 5.92 Å². The van der Waals surface area contributed by atoms with Crippen molar-refractivity contribution in [1.82, 2.24) is 15.3 Å². The second-order valence-corrected chi connectivity index (χ2v) is 4.61. The number of aromatic amines is 1. The van der Waals surface area contributed by atoms with E-state index in [-0.39, 0.29) is 17.0 Å². The highest BCUT2D eigenvalue weighted by Gasteiger charge is 2.19. The standard InChI is InChI=1S/C13H14FN3O/c14-10-3-1-2-9-11(10)16-12(17-13(9)18)8-4-6-15-7-5-8/h1-3,8,15H,4-7H2,(H,16,17,18). The summed E-state index contributed by atoms with van der Waals surface area (Å²) >= 11 is 0. The Morgan fingerprint density at radius 2 is 2.06 bits per heavy atom. The van der Waals surface area contributed by atoms with Crippen molar-refractivity contribution in [2.24, 2.45) is 0 Å². The maximum atomic E-state index is 13.7. The summed E-state index contributed by atoms with van der Waals surface area (Å²) in [6.45, 7) is 1.81. The van der Waals surface area contributed by atoms with Gasteiger partial charge in [0.25, 0.3) is 5.56 Å². The molecule has 3 rings (SSSR count). The van der Waals surface area contributed by atoms with Crippen LogP contribution in [0.25, 0.3) is 10.9 Å². The molecule has 0 amide bonds. The number of hydrogen-bond donors (Lipinski definition) is 2. The fourth-order valence-electron chi connectivity index (χ4n) is 2.43. The van der Waals surface area contributed by atoms with Crippen molar-refractivity contribution in [3.8, 4) is 0 Å². The van der Waals surface area contributed by atoms with Gasteiger partial charge >= 0.3 is 0 Å². The van der Waals surface area contributed by atoms with Crippen LogP contribution in [0.15, 0.2) is 23.0 Å². The zero-order valence-corrected chi connectivity index (χ0v) is 9.87. The Labute approximate surface area is 103 Å². The molecule has 4 nitrogen and oxygen atoms in total. The monoisotopic (exact) mass is 247 g/mol. The van der Waals surface area contributed by atoms with E-state index in [4.69, 9.17) is 0 Å². The van der Waals surface area contributed by atoms with Gasteiger partial charge in [0.1, 0.15) is 17.2 Å². The number of para-hydroxylation sites is 1. The highest BCUT2D eigenvalue weighted by Crippen LogP contribution is 2.22. The Morgan fingerprint density at radius 3 is 2.83 bits per heavy atom. The first-order valence-corrected chi connectivity index (χ1v) is 6.15. The van der Waals surface area contributed by atoms with Crippen LogP contribution in [0, 0.1) is 5.82 Å². The Kier molecular flexibility index (Phi) is 2.83. The van der Waals surface area contributed by atoms with E-state index in [1.54, 1.807) is 6.07 Å². The van der Waals surface area contributed by atoms with Crippen LogP contribution in [0.3, 0.4) is 0 Å². The number of benzene rings is 1. The number of halogens is 1. The number of piperidine rings is 1. The van der Waals surface area contributed by atoms with Gasteiger partial charge in [0.05, 0.1) is 5.39 Å². The highest BCUT2D eigenvalue weighted by molar-refractivity contribution is 5.77. The van der Waals surface area contributed by atoms with Crippen molar-refractivity contribution in [3.05, 3.63) is 40.2 Å². The van der Waals surface area contributed by atoms with Crippen molar-refractivity contribution < 1.29 is 4.39 Å². The first-order chi connectivity index (χ1) is 8.75. The molecule has 1 saturated heterocycles. The third-order valence-electron chi connectivity index (χ3n) is 3.43. The predicted molar refractivity (Wildman–Crippen MR) is 67.2 cm³/mol. The molecule has 0 atom stereocenters. The maximum Gasteiger partial charge on any atom is 0.258 e. The molecule has 5 heteroatoms. The van der Waals surface area contributed by atoms with Gasteiger partial charge < -0.3 is 10.3 Å². The third-order valence-corrected chi connectivity index (χ3v) is 3.43. The third kappa shape index (κ3) is 1.90. The minimum atomic E-state index is -0.436. The van der Waals surface area contributed by atoms with Crippen LogP contribution < -0.4 is 10.9 Å². The number of fused-ring (bicyclic) bond motifs is 1. The second-order valence-electron chi connectivity index (χ2n) is 4.61.